The van der Waals surface area contributed by atoms with E-state index in [2.05, 4.69) is 0 Å². The van der Waals surface area contributed by atoms with Gasteiger partial charge in [-0.15, -0.1) is 0 Å². The lowest BCUT2D eigenvalue weighted by molar-refractivity contribution is -0.0536. The Hall–Kier alpha value is -0.523. The summed E-state index contributed by atoms with van der Waals surface area (Å²) in [7, 11) is 4.75. The van der Waals surface area contributed by atoms with Gasteiger partial charge in [-0.3, -0.25) is 0 Å². The highest BCUT2D eigenvalue weighted by atomic mass is 28.2. The zero-order valence-corrected chi connectivity index (χ0v) is 8.79. The first-order valence-electron chi connectivity index (χ1n) is 3.46. The fraction of sp³-hybridized carbons (Fsp3) is 0.714. The van der Waals surface area contributed by atoms with Crippen molar-refractivity contribution in [2.45, 2.75) is 12.8 Å². The van der Waals surface area contributed by atoms with Gasteiger partial charge in [0.25, 0.3) is 5.95 Å². The van der Waals surface area contributed by atoms with Crippen LogP contribution >= 0.6 is 0 Å². The summed E-state index contributed by atoms with van der Waals surface area (Å²) >= 11 is 0. The van der Waals surface area contributed by atoms with E-state index in [-0.39, 0.29) is 15.7 Å². The van der Waals surface area contributed by atoms with Gasteiger partial charge in [0.05, 0.1) is 7.11 Å². The first-order chi connectivity index (χ1) is 5.78. The van der Waals surface area contributed by atoms with Gasteiger partial charge in [-0.1, -0.05) is 0 Å². The van der Waals surface area contributed by atoms with Gasteiger partial charge in [-0.2, -0.15) is 0 Å². The molecule has 0 aromatic carbocycles. The van der Waals surface area contributed by atoms with E-state index in [0.717, 1.165) is 0 Å². The average Bonchev–Trinajstić information content (AvgIpc) is 2.13. The highest BCUT2D eigenvalue weighted by Gasteiger charge is 2.10. The topological polar surface area (TPSA) is 36.9 Å². The molecule has 0 rings (SSSR count). The van der Waals surface area contributed by atoms with Crippen LogP contribution in [0.25, 0.3) is 0 Å². The first-order valence-corrected chi connectivity index (χ1v) is 4.45. The van der Waals surface area contributed by atoms with Crippen molar-refractivity contribution in [2.75, 3.05) is 21.3 Å². The molecule has 0 spiro atoms. The van der Waals surface area contributed by atoms with E-state index < -0.39 is 0 Å². The quantitative estimate of drug-likeness (QED) is 0.351. The van der Waals surface area contributed by atoms with Crippen LogP contribution in [0.5, 0.6) is 0 Å². The second-order valence-corrected chi connectivity index (χ2v) is 2.75. The zero-order valence-electron chi connectivity index (χ0n) is 7.79. The molecule has 70 valence electrons. The molecule has 0 atom stereocenters. The molecule has 0 N–H and O–H groups in total. The zero-order chi connectivity index (χ0) is 9.40. The van der Waals surface area contributed by atoms with Crippen molar-refractivity contribution >= 4 is 9.76 Å². The van der Waals surface area contributed by atoms with Crippen LogP contribution in [0.1, 0.15) is 6.92 Å². The van der Waals surface area contributed by atoms with Crippen molar-refractivity contribution < 1.29 is 18.6 Å². The van der Waals surface area contributed by atoms with Crippen LogP contribution in [0.3, 0.4) is 0 Å². The van der Waals surface area contributed by atoms with Crippen LogP contribution in [0.2, 0.25) is 0 Å². The van der Waals surface area contributed by atoms with Gasteiger partial charge in [-0.05, 0) is 13.0 Å². The average molecular weight is 190 g/mol. The van der Waals surface area contributed by atoms with E-state index in [1.807, 2.05) is 6.92 Å². The Morgan fingerprint density at radius 3 is 2.17 bits per heavy atom. The molecule has 0 aromatic heterocycles. The Morgan fingerprint density at radius 1 is 1.25 bits per heavy atom. The molecule has 0 unspecified atom stereocenters. The lowest BCUT2D eigenvalue weighted by Gasteiger charge is -2.13. The third-order valence-electron chi connectivity index (χ3n) is 1.12. The predicted octanol–water partition coefficient (Wildman–Crippen LogP) is 0.706. The van der Waals surface area contributed by atoms with E-state index in [1.165, 1.54) is 0 Å². The number of hydrogen-bond acceptors (Lipinski definition) is 4. The van der Waals surface area contributed by atoms with Crippen molar-refractivity contribution in [2.24, 2.45) is 0 Å². The number of hydrogen-bond donors (Lipinski definition) is 0. The fourth-order valence-corrected chi connectivity index (χ4v) is 1.12. The Labute approximate surface area is 75.4 Å². The third kappa shape index (κ3) is 4.37. The molecule has 0 amide bonds. The molecule has 2 radical (unpaired) electrons. The maximum Gasteiger partial charge on any atom is 0.380 e. The molecule has 0 aliphatic rings. The van der Waals surface area contributed by atoms with Gasteiger partial charge in [0.2, 0.25) is 0 Å². The highest BCUT2D eigenvalue weighted by Crippen LogP contribution is 1.98. The van der Waals surface area contributed by atoms with Crippen LogP contribution in [-0.4, -0.2) is 37.0 Å². The lowest BCUT2D eigenvalue weighted by atomic mass is 10.7. The molecule has 4 nitrogen and oxygen atoms in total. The van der Waals surface area contributed by atoms with Crippen LogP contribution in [0, 0.1) is 0 Å². The maximum absolute atomic E-state index is 5.20. The van der Waals surface area contributed by atoms with E-state index in [9.17, 15) is 0 Å². The van der Waals surface area contributed by atoms with E-state index in [4.69, 9.17) is 18.6 Å². The van der Waals surface area contributed by atoms with Crippen LogP contribution in [-0.2, 0) is 18.6 Å². The molecule has 0 aliphatic heterocycles. The summed E-state index contributed by atoms with van der Waals surface area (Å²) in [5.41, 5.74) is 0. The molecule has 5 heteroatoms. The normalized spacial score (nSPS) is 11.9. The largest absolute Gasteiger partial charge is 0.511 e. The second-order valence-electron chi connectivity index (χ2n) is 1.84. The van der Waals surface area contributed by atoms with E-state index in [0.29, 0.717) is 5.95 Å². The fourth-order valence-electron chi connectivity index (χ4n) is 0.517. The SMILES string of the molecule is CC=C(OC)O[Si]C(OC)OC. The van der Waals surface area contributed by atoms with E-state index >= 15 is 0 Å². The number of rotatable bonds is 6. The molecule has 0 bridgehead atoms. The van der Waals surface area contributed by atoms with Gasteiger partial charge >= 0.3 is 9.76 Å². The second kappa shape index (κ2) is 7.14. The number of methoxy groups -OCH3 is 3. The molecule has 0 aliphatic carbocycles. The van der Waals surface area contributed by atoms with Crippen molar-refractivity contribution in [3.05, 3.63) is 12.0 Å². The lowest BCUT2D eigenvalue weighted by Crippen LogP contribution is -2.23. The molecule has 0 aromatic rings. The molecule has 0 fully saturated rings. The van der Waals surface area contributed by atoms with Crippen LogP contribution in [0.4, 0.5) is 0 Å². The predicted molar refractivity (Wildman–Crippen MR) is 45.4 cm³/mol. The van der Waals surface area contributed by atoms with Gasteiger partial charge < -0.3 is 18.6 Å². The third-order valence-corrected chi connectivity index (χ3v) is 2.10. The number of ether oxygens (including phenoxy) is 3. The van der Waals surface area contributed by atoms with Crippen LogP contribution in [0.15, 0.2) is 12.0 Å². The van der Waals surface area contributed by atoms with Crippen LogP contribution < -0.4 is 0 Å². The van der Waals surface area contributed by atoms with Gasteiger partial charge in [0, 0.05) is 14.2 Å². The summed E-state index contributed by atoms with van der Waals surface area (Å²) < 4.78 is 19.9. The minimum absolute atomic E-state index is 0.0796. The first kappa shape index (κ1) is 11.5. The standard InChI is InChI=1S/C7H14O4Si/c1-5-6(8-2)11-12-7(9-3)10-4/h5,7H,1-4H3. The summed E-state index contributed by atoms with van der Waals surface area (Å²) in [5.74, 6) is 0.155. The van der Waals surface area contributed by atoms with Gasteiger partial charge in [0.15, 0.2) is 5.91 Å². The Balaban J connectivity index is 3.64. The summed E-state index contributed by atoms with van der Waals surface area (Å²) in [4.78, 5) is 0. The number of allylic oxidation sites excluding steroid dienone is 1. The van der Waals surface area contributed by atoms with Gasteiger partial charge in [0.1, 0.15) is 0 Å². The molecule has 0 saturated heterocycles. The Morgan fingerprint density at radius 2 is 1.83 bits per heavy atom. The molecular formula is C7H14O4Si. The summed E-state index contributed by atoms with van der Waals surface area (Å²) in [5, 5.41) is 0. The monoisotopic (exact) mass is 190 g/mol. The molecular weight excluding hydrogens is 176 g/mol. The summed E-state index contributed by atoms with van der Waals surface area (Å²) in [6.07, 6.45) is 1.73. The van der Waals surface area contributed by atoms with Crippen molar-refractivity contribution in [1.82, 2.24) is 0 Å². The Bertz CT molecular complexity index is 133. The minimum atomic E-state index is -0.324. The summed E-state index contributed by atoms with van der Waals surface area (Å²) in [6.45, 7) is 1.83. The maximum atomic E-state index is 5.20. The molecule has 12 heavy (non-hydrogen) atoms. The van der Waals surface area contributed by atoms with Gasteiger partial charge in [-0.25, -0.2) is 0 Å². The smallest absolute Gasteiger partial charge is 0.380 e. The minimum Gasteiger partial charge on any atom is -0.511 e. The molecule has 0 saturated carbocycles. The van der Waals surface area contributed by atoms with Crippen molar-refractivity contribution in [3.63, 3.8) is 0 Å². The van der Waals surface area contributed by atoms with Crippen molar-refractivity contribution in [1.29, 1.82) is 0 Å². The molecule has 0 heterocycles. The Kier molecular flexibility index (Phi) is 6.83. The highest BCUT2D eigenvalue weighted by molar-refractivity contribution is 6.28. The summed E-state index contributed by atoms with van der Waals surface area (Å²) in [6, 6.07) is 0. The van der Waals surface area contributed by atoms with E-state index in [1.54, 1.807) is 27.4 Å². The van der Waals surface area contributed by atoms with Crippen molar-refractivity contribution in [3.8, 4) is 0 Å².